The van der Waals surface area contributed by atoms with Gasteiger partial charge in [-0.05, 0) is 43.0 Å². The SMILES string of the molecule is Cc1cccc(Nc2cnc(C(=O)NCCCc3ccccc3)cn2)c1. The third-order valence-electron chi connectivity index (χ3n) is 3.95. The van der Waals surface area contributed by atoms with Crippen LogP contribution in [0.2, 0.25) is 0 Å². The Morgan fingerprint density at radius 2 is 1.85 bits per heavy atom. The average molecular weight is 346 g/mol. The zero-order valence-corrected chi connectivity index (χ0v) is 14.8. The van der Waals surface area contributed by atoms with Crippen LogP contribution in [0.5, 0.6) is 0 Å². The number of benzene rings is 2. The summed E-state index contributed by atoms with van der Waals surface area (Å²) in [5.74, 6) is 0.406. The van der Waals surface area contributed by atoms with Crippen molar-refractivity contribution in [2.24, 2.45) is 0 Å². The predicted molar refractivity (Wildman–Crippen MR) is 104 cm³/mol. The van der Waals surface area contributed by atoms with Gasteiger partial charge >= 0.3 is 0 Å². The van der Waals surface area contributed by atoms with E-state index in [2.05, 4.69) is 32.7 Å². The largest absolute Gasteiger partial charge is 0.351 e. The number of aryl methyl sites for hydroxylation is 2. The number of nitrogens with zero attached hydrogens (tertiary/aromatic N) is 2. The quantitative estimate of drug-likeness (QED) is 0.637. The summed E-state index contributed by atoms with van der Waals surface area (Å²) in [6.07, 6.45) is 4.88. The van der Waals surface area contributed by atoms with Crippen molar-refractivity contribution in [2.75, 3.05) is 11.9 Å². The summed E-state index contributed by atoms with van der Waals surface area (Å²) in [5.41, 5.74) is 3.69. The van der Waals surface area contributed by atoms with Crippen molar-refractivity contribution in [3.05, 3.63) is 83.8 Å². The molecule has 0 aliphatic carbocycles. The van der Waals surface area contributed by atoms with Crippen molar-refractivity contribution in [1.82, 2.24) is 15.3 Å². The first kappa shape index (κ1) is 17.6. The van der Waals surface area contributed by atoms with Gasteiger partial charge in [0.2, 0.25) is 0 Å². The van der Waals surface area contributed by atoms with E-state index in [-0.39, 0.29) is 5.91 Å². The van der Waals surface area contributed by atoms with E-state index in [0.717, 1.165) is 24.1 Å². The van der Waals surface area contributed by atoms with Crippen molar-refractivity contribution in [2.45, 2.75) is 19.8 Å². The summed E-state index contributed by atoms with van der Waals surface area (Å²) >= 11 is 0. The van der Waals surface area contributed by atoms with Gasteiger partial charge in [0.05, 0.1) is 12.4 Å². The van der Waals surface area contributed by atoms with Gasteiger partial charge in [0, 0.05) is 12.2 Å². The summed E-state index contributed by atoms with van der Waals surface area (Å²) in [4.78, 5) is 20.6. The van der Waals surface area contributed by atoms with Gasteiger partial charge in [-0.2, -0.15) is 0 Å². The van der Waals surface area contributed by atoms with Crippen molar-refractivity contribution in [3.63, 3.8) is 0 Å². The molecule has 0 atom stereocenters. The minimum atomic E-state index is -0.201. The second-order valence-corrected chi connectivity index (χ2v) is 6.13. The first-order valence-corrected chi connectivity index (χ1v) is 8.68. The molecule has 1 heterocycles. The minimum absolute atomic E-state index is 0.201. The van der Waals surface area contributed by atoms with Gasteiger partial charge in [-0.15, -0.1) is 0 Å². The Morgan fingerprint density at radius 1 is 1.00 bits per heavy atom. The van der Waals surface area contributed by atoms with Gasteiger partial charge in [0.25, 0.3) is 5.91 Å². The number of carbonyl (C=O) groups excluding carboxylic acids is 1. The third kappa shape index (κ3) is 5.14. The second-order valence-electron chi connectivity index (χ2n) is 6.13. The van der Waals surface area contributed by atoms with Gasteiger partial charge in [-0.3, -0.25) is 4.79 Å². The molecule has 0 saturated carbocycles. The number of nitrogens with one attached hydrogen (secondary N) is 2. The molecule has 1 aromatic heterocycles. The molecule has 0 unspecified atom stereocenters. The monoisotopic (exact) mass is 346 g/mol. The molecule has 0 aliphatic rings. The molecule has 5 heteroatoms. The maximum atomic E-state index is 12.1. The van der Waals surface area contributed by atoms with Crippen molar-refractivity contribution >= 4 is 17.4 Å². The number of carbonyl (C=O) groups is 1. The maximum Gasteiger partial charge on any atom is 0.271 e. The van der Waals surface area contributed by atoms with Crippen LogP contribution < -0.4 is 10.6 Å². The molecule has 0 radical (unpaired) electrons. The van der Waals surface area contributed by atoms with E-state index in [9.17, 15) is 4.79 Å². The molecule has 1 amide bonds. The highest BCUT2D eigenvalue weighted by Gasteiger charge is 2.07. The van der Waals surface area contributed by atoms with E-state index in [4.69, 9.17) is 0 Å². The van der Waals surface area contributed by atoms with Crippen molar-refractivity contribution in [3.8, 4) is 0 Å². The summed E-state index contributed by atoms with van der Waals surface area (Å²) in [5, 5.41) is 6.06. The summed E-state index contributed by atoms with van der Waals surface area (Å²) < 4.78 is 0. The highest BCUT2D eigenvalue weighted by molar-refractivity contribution is 5.92. The Hall–Kier alpha value is -3.21. The standard InChI is InChI=1S/C21H22N4O/c1-16-7-5-11-18(13-16)25-20-15-23-19(14-24-20)21(26)22-12-6-10-17-8-3-2-4-9-17/h2-5,7-9,11,13-15H,6,10,12H2,1H3,(H,22,26)(H,24,25). The van der Waals surface area contributed by atoms with Crippen LogP contribution in [0.25, 0.3) is 0 Å². The van der Waals surface area contributed by atoms with E-state index in [1.165, 1.54) is 11.8 Å². The number of rotatable bonds is 7. The second kappa shape index (κ2) is 8.76. The molecule has 0 aliphatic heterocycles. The van der Waals surface area contributed by atoms with Crippen LogP contribution in [0.15, 0.2) is 67.0 Å². The first-order chi connectivity index (χ1) is 12.7. The number of aromatic nitrogens is 2. The van der Waals surface area contributed by atoms with E-state index in [0.29, 0.717) is 18.1 Å². The lowest BCUT2D eigenvalue weighted by molar-refractivity contribution is 0.0948. The van der Waals surface area contributed by atoms with Crippen molar-refractivity contribution in [1.29, 1.82) is 0 Å². The molecule has 0 bridgehead atoms. The number of amides is 1. The Morgan fingerprint density at radius 3 is 2.58 bits per heavy atom. The summed E-state index contributed by atoms with van der Waals surface area (Å²) in [7, 11) is 0. The molecular formula is C21H22N4O. The van der Waals surface area contributed by atoms with E-state index in [1.54, 1.807) is 6.20 Å². The molecule has 3 aromatic rings. The molecule has 26 heavy (non-hydrogen) atoms. The van der Waals surface area contributed by atoms with Gasteiger partial charge < -0.3 is 10.6 Å². The number of hydrogen-bond acceptors (Lipinski definition) is 4. The van der Waals surface area contributed by atoms with Crippen LogP contribution in [-0.4, -0.2) is 22.4 Å². The Balaban J connectivity index is 1.47. The van der Waals surface area contributed by atoms with Crippen molar-refractivity contribution < 1.29 is 4.79 Å². The van der Waals surface area contributed by atoms with Gasteiger partial charge in [-0.25, -0.2) is 9.97 Å². The molecule has 0 fully saturated rings. The fourth-order valence-corrected chi connectivity index (χ4v) is 2.61. The number of hydrogen-bond donors (Lipinski definition) is 2. The molecule has 3 rings (SSSR count). The molecule has 2 aromatic carbocycles. The smallest absolute Gasteiger partial charge is 0.271 e. The normalized spacial score (nSPS) is 10.3. The van der Waals surface area contributed by atoms with Gasteiger partial charge in [0.1, 0.15) is 11.5 Å². The predicted octanol–water partition coefficient (Wildman–Crippen LogP) is 3.89. The van der Waals surface area contributed by atoms with Gasteiger partial charge in [-0.1, -0.05) is 42.5 Å². The lowest BCUT2D eigenvalue weighted by Crippen LogP contribution is -2.25. The lowest BCUT2D eigenvalue weighted by Gasteiger charge is -2.07. The molecule has 5 nitrogen and oxygen atoms in total. The van der Waals surface area contributed by atoms with Crippen LogP contribution in [0.1, 0.15) is 28.0 Å². The van der Waals surface area contributed by atoms with Crippen LogP contribution in [0, 0.1) is 6.92 Å². The topological polar surface area (TPSA) is 66.9 Å². The zero-order valence-electron chi connectivity index (χ0n) is 14.8. The highest BCUT2D eigenvalue weighted by atomic mass is 16.1. The van der Waals surface area contributed by atoms with Crippen LogP contribution in [-0.2, 0) is 6.42 Å². The number of anilines is 2. The Labute approximate surface area is 153 Å². The zero-order chi connectivity index (χ0) is 18.2. The van der Waals surface area contributed by atoms with Gasteiger partial charge in [0.15, 0.2) is 0 Å². The average Bonchev–Trinajstić information content (AvgIpc) is 2.66. The first-order valence-electron chi connectivity index (χ1n) is 8.68. The van der Waals surface area contributed by atoms with E-state index < -0.39 is 0 Å². The van der Waals surface area contributed by atoms with Crippen LogP contribution in [0.4, 0.5) is 11.5 Å². The molecular weight excluding hydrogens is 324 g/mol. The molecule has 132 valence electrons. The maximum absolute atomic E-state index is 12.1. The fraction of sp³-hybridized carbons (Fsp3) is 0.190. The molecule has 2 N–H and O–H groups in total. The van der Waals surface area contributed by atoms with Crippen LogP contribution >= 0.6 is 0 Å². The molecule has 0 saturated heterocycles. The third-order valence-corrected chi connectivity index (χ3v) is 3.95. The molecule has 0 spiro atoms. The highest BCUT2D eigenvalue weighted by Crippen LogP contribution is 2.14. The minimum Gasteiger partial charge on any atom is -0.351 e. The van der Waals surface area contributed by atoms with Crippen LogP contribution in [0.3, 0.4) is 0 Å². The Bertz CT molecular complexity index is 847. The van der Waals surface area contributed by atoms with E-state index >= 15 is 0 Å². The summed E-state index contributed by atoms with van der Waals surface area (Å²) in [6, 6.07) is 18.2. The fourth-order valence-electron chi connectivity index (χ4n) is 2.61. The lowest BCUT2D eigenvalue weighted by atomic mass is 10.1. The van der Waals surface area contributed by atoms with E-state index in [1.807, 2.05) is 49.4 Å². The summed E-state index contributed by atoms with van der Waals surface area (Å²) in [6.45, 7) is 2.64. The Kier molecular flexibility index (Phi) is 5.93.